The van der Waals surface area contributed by atoms with Gasteiger partial charge in [-0.1, -0.05) is 0 Å². The van der Waals surface area contributed by atoms with E-state index in [0.29, 0.717) is 12.3 Å². The molecule has 0 aliphatic carbocycles. The first-order valence-corrected chi connectivity index (χ1v) is 7.58. The van der Waals surface area contributed by atoms with Crippen LogP contribution in [0.15, 0.2) is 36.9 Å². The van der Waals surface area contributed by atoms with E-state index in [4.69, 9.17) is 4.74 Å². The molecule has 0 saturated carbocycles. The van der Waals surface area contributed by atoms with E-state index in [1.54, 1.807) is 30.9 Å². The molecule has 2 aromatic rings. The van der Waals surface area contributed by atoms with Crippen molar-refractivity contribution < 1.29 is 9.53 Å². The van der Waals surface area contributed by atoms with Crippen molar-refractivity contribution in [3.8, 4) is 5.75 Å². The van der Waals surface area contributed by atoms with Crippen LogP contribution >= 0.6 is 0 Å². The Morgan fingerprint density at radius 1 is 1.39 bits per heavy atom. The fraction of sp³-hybridized carbons (Fsp3) is 0.375. The van der Waals surface area contributed by atoms with Crippen molar-refractivity contribution >= 4 is 11.9 Å². The summed E-state index contributed by atoms with van der Waals surface area (Å²) in [5.74, 6) is 1.37. The summed E-state index contributed by atoms with van der Waals surface area (Å²) in [5, 5.41) is 2.78. The molecule has 7 nitrogen and oxygen atoms in total. The maximum absolute atomic E-state index is 11.1. The maximum Gasteiger partial charge on any atom is 0.225 e. The topological polar surface area (TPSA) is 80.2 Å². The average molecular weight is 313 g/mol. The van der Waals surface area contributed by atoms with E-state index in [9.17, 15) is 4.79 Å². The van der Waals surface area contributed by atoms with Crippen LogP contribution in [0.2, 0.25) is 0 Å². The molecule has 1 atom stereocenters. The number of anilines is 1. The third-order valence-corrected chi connectivity index (χ3v) is 3.67. The minimum absolute atomic E-state index is 0.0547. The van der Waals surface area contributed by atoms with Gasteiger partial charge in [0.25, 0.3) is 0 Å². The lowest BCUT2D eigenvalue weighted by molar-refractivity contribution is -0.119. The summed E-state index contributed by atoms with van der Waals surface area (Å²) in [7, 11) is 0. The first kappa shape index (κ1) is 15.2. The van der Waals surface area contributed by atoms with Gasteiger partial charge in [-0.3, -0.25) is 9.78 Å². The Kier molecular flexibility index (Phi) is 4.65. The van der Waals surface area contributed by atoms with Crippen LogP contribution in [0.5, 0.6) is 5.75 Å². The number of nitrogens with one attached hydrogen (secondary N) is 1. The lowest BCUT2D eigenvalue weighted by Gasteiger charge is -2.18. The summed E-state index contributed by atoms with van der Waals surface area (Å²) in [6, 6.07) is 3.66. The Bertz CT molecular complexity index is 665. The van der Waals surface area contributed by atoms with Gasteiger partial charge in [-0.05, 0) is 12.1 Å². The number of ether oxygens (including phenoxy) is 1. The van der Waals surface area contributed by atoms with Gasteiger partial charge in [0.2, 0.25) is 11.9 Å². The highest BCUT2D eigenvalue weighted by Crippen LogP contribution is 2.23. The van der Waals surface area contributed by atoms with Gasteiger partial charge in [-0.15, -0.1) is 0 Å². The van der Waals surface area contributed by atoms with Crippen molar-refractivity contribution in [3.63, 3.8) is 0 Å². The monoisotopic (exact) mass is 313 g/mol. The molecule has 1 saturated heterocycles. The van der Waals surface area contributed by atoms with Crippen LogP contribution in [-0.2, 0) is 11.3 Å². The molecule has 1 fully saturated rings. The molecule has 0 aromatic carbocycles. The summed E-state index contributed by atoms with van der Waals surface area (Å²) in [5.41, 5.74) is 0.921. The zero-order valence-electron chi connectivity index (χ0n) is 13.0. The molecule has 1 aliphatic heterocycles. The third-order valence-electron chi connectivity index (χ3n) is 3.67. The first-order chi connectivity index (χ1) is 11.2. The molecule has 1 aliphatic rings. The average Bonchev–Trinajstić information content (AvgIpc) is 3.03. The Morgan fingerprint density at radius 3 is 3.00 bits per heavy atom. The molecule has 2 aromatic heterocycles. The van der Waals surface area contributed by atoms with Gasteiger partial charge in [-0.25, -0.2) is 9.97 Å². The van der Waals surface area contributed by atoms with Gasteiger partial charge in [-0.2, -0.15) is 0 Å². The number of hydrogen-bond acceptors (Lipinski definition) is 6. The summed E-state index contributed by atoms with van der Waals surface area (Å²) < 4.78 is 6.08. The second-order valence-electron chi connectivity index (χ2n) is 5.42. The van der Waals surface area contributed by atoms with Crippen molar-refractivity contribution in [1.82, 2.24) is 20.3 Å². The highest BCUT2D eigenvalue weighted by molar-refractivity contribution is 5.72. The van der Waals surface area contributed by atoms with E-state index in [1.165, 1.54) is 6.92 Å². The van der Waals surface area contributed by atoms with E-state index >= 15 is 0 Å². The molecule has 23 heavy (non-hydrogen) atoms. The normalized spacial score (nSPS) is 17.1. The molecule has 3 rings (SSSR count). The molecule has 0 radical (unpaired) electrons. The third kappa shape index (κ3) is 3.94. The molecule has 7 heteroatoms. The van der Waals surface area contributed by atoms with Crippen molar-refractivity contribution in [2.24, 2.45) is 0 Å². The minimum Gasteiger partial charge on any atom is -0.487 e. The maximum atomic E-state index is 11.1. The summed E-state index contributed by atoms with van der Waals surface area (Å²) in [6.45, 7) is 3.52. The fourth-order valence-electron chi connectivity index (χ4n) is 2.52. The molecule has 0 spiro atoms. The van der Waals surface area contributed by atoms with Crippen LogP contribution in [0, 0.1) is 0 Å². The van der Waals surface area contributed by atoms with Gasteiger partial charge in [0.15, 0.2) is 0 Å². The van der Waals surface area contributed by atoms with Gasteiger partial charge in [0.1, 0.15) is 11.9 Å². The number of nitrogens with zero attached hydrogens (tertiary/aromatic N) is 4. The smallest absolute Gasteiger partial charge is 0.225 e. The lowest BCUT2D eigenvalue weighted by atomic mass is 10.2. The number of amides is 1. The zero-order chi connectivity index (χ0) is 16.1. The first-order valence-electron chi connectivity index (χ1n) is 7.58. The fourth-order valence-corrected chi connectivity index (χ4v) is 2.52. The predicted molar refractivity (Wildman–Crippen MR) is 85.0 cm³/mol. The zero-order valence-corrected chi connectivity index (χ0v) is 13.0. The second-order valence-corrected chi connectivity index (χ2v) is 5.42. The molecule has 0 bridgehead atoms. The molecule has 1 amide bonds. The number of carbonyl (C=O) groups excluding carboxylic acids is 1. The minimum atomic E-state index is -0.0685. The predicted octanol–water partition coefficient (Wildman–Crippen LogP) is 1.17. The summed E-state index contributed by atoms with van der Waals surface area (Å²) >= 11 is 0. The summed E-state index contributed by atoms with van der Waals surface area (Å²) in [6.07, 6.45) is 7.82. The number of pyridine rings is 1. The Labute approximate surface area is 134 Å². The van der Waals surface area contributed by atoms with Crippen LogP contribution < -0.4 is 15.0 Å². The van der Waals surface area contributed by atoms with Crippen LogP contribution in [0.3, 0.4) is 0 Å². The molecule has 1 N–H and O–H groups in total. The molecule has 0 unspecified atom stereocenters. The van der Waals surface area contributed by atoms with E-state index in [0.717, 1.165) is 31.0 Å². The Morgan fingerprint density at radius 2 is 2.22 bits per heavy atom. The Hall–Kier alpha value is -2.70. The van der Waals surface area contributed by atoms with Crippen LogP contribution in [0.4, 0.5) is 5.95 Å². The standard InChI is InChI=1S/C16H19N5O2/c1-12(22)20-9-13-3-7-17-10-15(13)23-14-4-8-21(11-14)16-18-5-2-6-19-16/h2-3,5-7,10,14H,4,8-9,11H2,1H3,(H,20,22)/t14-/m0/s1. The second kappa shape index (κ2) is 7.04. The molecule has 120 valence electrons. The van der Waals surface area contributed by atoms with E-state index in [2.05, 4.69) is 25.2 Å². The highest BCUT2D eigenvalue weighted by atomic mass is 16.5. The van der Waals surface area contributed by atoms with Gasteiger partial charge < -0.3 is 15.0 Å². The number of rotatable bonds is 5. The number of hydrogen-bond donors (Lipinski definition) is 1. The van der Waals surface area contributed by atoms with Crippen molar-refractivity contribution in [1.29, 1.82) is 0 Å². The largest absolute Gasteiger partial charge is 0.487 e. The van der Waals surface area contributed by atoms with Crippen molar-refractivity contribution in [2.45, 2.75) is 26.0 Å². The SMILES string of the molecule is CC(=O)NCc1ccncc1O[C@H]1CCN(c2ncccn2)C1. The van der Waals surface area contributed by atoms with Gasteiger partial charge in [0.05, 0.1) is 12.7 Å². The van der Waals surface area contributed by atoms with Crippen LogP contribution in [-0.4, -0.2) is 40.1 Å². The van der Waals surface area contributed by atoms with Crippen LogP contribution in [0.25, 0.3) is 0 Å². The molecular formula is C16H19N5O2. The quantitative estimate of drug-likeness (QED) is 0.892. The van der Waals surface area contributed by atoms with Gasteiger partial charge in [0, 0.05) is 50.6 Å². The van der Waals surface area contributed by atoms with Crippen molar-refractivity contribution in [2.75, 3.05) is 18.0 Å². The van der Waals surface area contributed by atoms with Crippen LogP contribution in [0.1, 0.15) is 18.9 Å². The molecule has 3 heterocycles. The van der Waals surface area contributed by atoms with E-state index in [-0.39, 0.29) is 12.0 Å². The highest BCUT2D eigenvalue weighted by Gasteiger charge is 2.26. The van der Waals surface area contributed by atoms with E-state index in [1.807, 2.05) is 6.07 Å². The van der Waals surface area contributed by atoms with Gasteiger partial charge >= 0.3 is 0 Å². The Balaban J connectivity index is 1.63. The number of aromatic nitrogens is 3. The molecular weight excluding hydrogens is 294 g/mol. The van der Waals surface area contributed by atoms with Crippen molar-refractivity contribution in [3.05, 3.63) is 42.5 Å². The van der Waals surface area contributed by atoms with E-state index < -0.39 is 0 Å². The number of carbonyl (C=O) groups is 1. The summed E-state index contributed by atoms with van der Waals surface area (Å²) in [4.78, 5) is 25.8. The lowest BCUT2D eigenvalue weighted by Crippen LogP contribution is -2.26.